The average Bonchev–Trinajstić information content (AvgIpc) is 1.95. The first-order valence-electron chi connectivity index (χ1n) is 3.34. The first-order chi connectivity index (χ1) is 4.75. The zero-order valence-corrected chi connectivity index (χ0v) is 5.60. The molecule has 0 saturated carbocycles. The number of hydrogen-bond acceptors (Lipinski definition) is 4. The summed E-state index contributed by atoms with van der Waals surface area (Å²) in [5, 5.41) is 26.7. The van der Waals surface area contributed by atoms with Gasteiger partial charge in [-0.15, -0.1) is 0 Å². The van der Waals surface area contributed by atoms with Gasteiger partial charge in [-0.2, -0.15) is 0 Å². The Bertz CT molecular complexity index is 106. The lowest BCUT2D eigenvalue weighted by molar-refractivity contribution is -0.147. The number of rotatable bonds is 1. The molecule has 0 aliphatic carbocycles. The van der Waals surface area contributed by atoms with Crippen molar-refractivity contribution in [3.8, 4) is 0 Å². The summed E-state index contributed by atoms with van der Waals surface area (Å²) in [6.07, 6.45) is -1.84. The van der Waals surface area contributed by atoms with Gasteiger partial charge in [0.15, 0.2) is 0 Å². The molecule has 0 radical (unpaired) electrons. The van der Waals surface area contributed by atoms with Crippen molar-refractivity contribution in [3.63, 3.8) is 0 Å². The van der Waals surface area contributed by atoms with Crippen LogP contribution in [0.1, 0.15) is 6.42 Å². The van der Waals surface area contributed by atoms with Crippen molar-refractivity contribution >= 4 is 0 Å². The van der Waals surface area contributed by atoms with E-state index >= 15 is 0 Å². The van der Waals surface area contributed by atoms with Crippen molar-refractivity contribution in [1.29, 1.82) is 0 Å². The van der Waals surface area contributed by atoms with Crippen LogP contribution in [0, 0.1) is 0 Å². The van der Waals surface area contributed by atoms with Gasteiger partial charge in [0, 0.05) is 6.61 Å². The summed E-state index contributed by atoms with van der Waals surface area (Å²) in [4.78, 5) is 0. The minimum absolute atomic E-state index is 0.238. The highest BCUT2D eigenvalue weighted by atomic mass is 16.5. The Morgan fingerprint density at radius 1 is 1.40 bits per heavy atom. The molecule has 0 unspecified atom stereocenters. The van der Waals surface area contributed by atoms with Gasteiger partial charge >= 0.3 is 0 Å². The van der Waals surface area contributed by atoms with E-state index in [1.807, 2.05) is 0 Å². The van der Waals surface area contributed by atoms with Gasteiger partial charge in [0.2, 0.25) is 0 Å². The molecule has 0 spiro atoms. The summed E-state index contributed by atoms with van der Waals surface area (Å²) in [6.45, 7) is 0.168. The standard InChI is InChI=1S/C6H12O4/c7-3-5-6(9)4(8)1-2-10-5/h4-9H,1-3H2/t4-,5+,6+/m0/s1. The zero-order chi connectivity index (χ0) is 7.56. The smallest absolute Gasteiger partial charge is 0.109 e. The van der Waals surface area contributed by atoms with E-state index < -0.39 is 18.3 Å². The van der Waals surface area contributed by atoms with Crippen molar-refractivity contribution in [2.24, 2.45) is 0 Å². The fourth-order valence-corrected chi connectivity index (χ4v) is 1.02. The normalized spacial score (nSPS) is 41.7. The summed E-state index contributed by atoms with van der Waals surface area (Å²) >= 11 is 0. The lowest BCUT2D eigenvalue weighted by Crippen LogP contribution is -2.46. The number of aliphatic hydroxyl groups is 3. The van der Waals surface area contributed by atoms with E-state index in [9.17, 15) is 0 Å². The van der Waals surface area contributed by atoms with Crippen molar-refractivity contribution in [2.45, 2.75) is 24.7 Å². The van der Waals surface area contributed by atoms with Gasteiger partial charge in [0.25, 0.3) is 0 Å². The summed E-state index contributed by atoms with van der Waals surface area (Å²) in [7, 11) is 0. The summed E-state index contributed by atoms with van der Waals surface area (Å²) < 4.78 is 4.95. The van der Waals surface area contributed by atoms with Crippen LogP contribution in [0.5, 0.6) is 0 Å². The van der Waals surface area contributed by atoms with E-state index in [1.165, 1.54) is 0 Å². The van der Waals surface area contributed by atoms with Crippen LogP contribution in [0.25, 0.3) is 0 Å². The third kappa shape index (κ3) is 1.46. The van der Waals surface area contributed by atoms with Crippen LogP contribution in [-0.4, -0.2) is 46.8 Å². The van der Waals surface area contributed by atoms with E-state index in [4.69, 9.17) is 20.1 Å². The SMILES string of the molecule is OC[C@H]1OCC[C@H](O)[C@H]1O. The van der Waals surface area contributed by atoms with E-state index in [0.29, 0.717) is 13.0 Å². The molecule has 0 amide bonds. The molecule has 3 atom stereocenters. The van der Waals surface area contributed by atoms with Crippen LogP contribution in [0.3, 0.4) is 0 Å². The van der Waals surface area contributed by atoms with Crippen molar-refractivity contribution < 1.29 is 20.1 Å². The molecule has 0 aromatic carbocycles. The van der Waals surface area contributed by atoms with Crippen LogP contribution < -0.4 is 0 Å². The highest BCUT2D eigenvalue weighted by Crippen LogP contribution is 2.13. The fourth-order valence-electron chi connectivity index (χ4n) is 1.02. The molecule has 3 N–H and O–H groups in total. The van der Waals surface area contributed by atoms with Crippen LogP contribution in [-0.2, 0) is 4.74 Å². The maximum Gasteiger partial charge on any atom is 0.109 e. The molecule has 0 bridgehead atoms. The highest BCUT2D eigenvalue weighted by Gasteiger charge is 2.30. The highest BCUT2D eigenvalue weighted by molar-refractivity contribution is 4.79. The van der Waals surface area contributed by atoms with Gasteiger partial charge in [-0.25, -0.2) is 0 Å². The Morgan fingerprint density at radius 2 is 2.10 bits per heavy atom. The van der Waals surface area contributed by atoms with Gasteiger partial charge in [-0.1, -0.05) is 0 Å². The average molecular weight is 148 g/mol. The second-order valence-corrected chi connectivity index (χ2v) is 2.44. The summed E-state index contributed by atoms with van der Waals surface area (Å²) in [6, 6.07) is 0. The molecular formula is C6H12O4. The quantitative estimate of drug-likeness (QED) is 0.423. The maximum atomic E-state index is 9.10. The topological polar surface area (TPSA) is 69.9 Å². The van der Waals surface area contributed by atoms with Gasteiger partial charge < -0.3 is 20.1 Å². The molecule has 1 heterocycles. The van der Waals surface area contributed by atoms with Crippen molar-refractivity contribution in [3.05, 3.63) is 0 Å². The minimum atomic E-state index is -0.932. The number of ether oxygens (including phenoxy) is 1. The predicted molar refractivity (Wildman–Crippen MR) is 33.5 cm³/mol. The Morgan fingerprint density at radius 3 is 2.60 bits per heavy atom. The summed E-state index contributed by atoms with van der Waals surface area (Å²) in [5.74, 6) is 0. The second kappa shape index (κ2) is 3.30. The number of aliphatic hydroxyl groups excluding tert-OH is 3. The van der Waals surface area contributed by atoms with E-state index in [2.05, 4.69) is 0 Å². The first kappa shape index (κ1) is 7.94. The van der Waals surface area contributed by atoms with Crippen molar-refractivity contribution in [2.75, 3.05) is 13.2 Å². The summed E-state index contributed by atoms with van der Waals surface area (Å²) in [5.41, 5.74) is 0. The molecule has 0 aromatic rings. The van der Waals surface area contributed by atoms with Crippen LogP contribution in [0.15, 0.2) is 0 Å². The third-order valence-corrected chi connectivity index (χ3v) is 1.70. The van der Waals surface area contributed by atoms with E-state index in [-0.39, 0.29) is 6.61 Å². The van der Waals surface area contributed by atoms with Crippen LogP contribution in [0.4, 0.5) is 0 Å². The van der Waals surface area contributed by atoms with Gasteiger partial charge in [-0.05, 0) is 6.42 Å². The van der Waals surface area contributed by atoms with Crippen LogP contribution >= 0.6 is 0 Å². The Labute approximate surface area is 59.1 Å². The lowest BCUT2D eigenvalue weighted by Gasteiger charge is -2.30. The molecule has 1 saturated heterocycles. The third-order valence-electron chi connectivity index (χ3n) is 1.70. The molecule has 1 fully saturated rings. The van der Waals surface area contributed by atoms with Gasteiger partial charge in [-0.3, -0.25) is 0 Å². The molecular weight excluding hydrogens is 136 g/mol. The van der Waals surface area contributed by atoms with Crippen molar-refractivity contribution in [1.82, 2.24) is 0 Å². The number of hydrogen-bond donors (Lipinski definition) is 3. The predicted octanol–water partition coefficient (Wildman–Crippen LogP) is -1.51. The molecule has 10 heavy (non-hydrogen) atoms. The molecule has 1 aliphatic heterocycles. The largest absolute Gasteiger partial charge is 0.394 e. The lowest BCUT2D eigenvalue weighted by atomic mass is 10.0. The molecule has 0 aromatic heterocycles. The maximum absolute atomic E-state index is 9.10. The second-order valence-electron chi connectivity index (χ2n) is 2.44. The molecule has 4 nitrogen and oxygen atoms in total. The Hall–Kier alpha value is -0.160. The Kier molecular flexibility index (Phi) is 2.62. The minimum Gasteiger partial charge on any atom is -0.394 e. The van der Waals surface area contributed by atoms with Gasteiger partial charge in [0.05, 0.1) is 12.7 Å². The molecule has 60 valence electrons. The molecule has 4 heteroatoms. The molecule has 1 aliphatic rings. The van der Waals surface area contributed by atoms with E-state index in [0.717, 1.165) is 0 Å². The van der Waals surface area contributed by atoms with Gasteiger partial charge in [0.1, 0.15) is 12.2 Å². The Balaban J connectivity index is 2.42. The van der Waals surface area contributed by atoms with Crippen LogP contribution in [0.2, 0.25) is 0 Å². The monoisotopic (exact) mass is 148 g/mol. The molecule has 1 rings (SSSR count). The zero-order valence-electron chi connectivity index (χ0n) is 5.60. The first-order valence-corrected chi connectivity index (χ1v) is 3.34. The fraction of sp³-hybridized carbons (Fsp3) is 1.00. The van der Waals surface area contributed by atoms with E-state index in [1.54, 1.807) is 0 Å².